The molecule has 2 fully saturated rings. The van der Waals surface area contributed by atoms with Crippen LogP contribution in [-0.2, 0) is 9.47 Å². The summed E-state index contributed by atoms with van der Waals surface area (Å²) in [5.41, 5.74) is 0.883. The smallest absolute Gasteiger partial charge is 0.0940 e. The Bertz CT molecular complexity index is 426. The SMILES string of the molecule is OC(c1ccc(I)cc1)C1CCOC2(CCOC2)C1. The molecule has 0 amide bonds. The molecule has 1 N–H and O–H groups in total. The molecule has 0 aliphatic carbocycles. The molecule has 19 heavy (non-hydrogen) atoms. The van der Waals surface area contributed by atoms with Gasteiger partial charge in [0.1, 0.15) is 0 Å². The van der Waals surface area contributed by atoms with Gasteiger partial charge in [0.2, 0.25) is 0 Å². The average Bonchev–Trinajstić information content (AvgIpc) is 2.87. The largest absolute Gasteiger partial charge is 0.388 e. The first-order valence-corrected chi connectivity index (χ1v) is 7.92. The summed E-state index contributed by atoms with van der Waals surface area (Å²) in [5, 5.41) is 10.6. The third-order valence-corrected chi connectivity index (χ3v) is 4.98. The third kappa shape index (κ3) is 2.96. The Morgan fingerprint density at radius 3 is 2.74 bits per heavy atom. The van der Waals surface area contributed by atoms with Crippen molar-refractivity contribution in [3.63, 3.8) is 0 Å². The molecule has 3 rings (SSSR count). The first-order valence-electron chi connectivity index (χ1n) is 6.84. The molecular formula is C15H19IO3. The molecule has 3 atom stereocenters. The highest BCUT2D eigenvalue weighted by Crippen LogP contribution is 2.40. The number of benzene rings is 1. The van der Waals surface area contributed by atoms with Gasteiger partial charge in [0.15, 0.2) is 0 Å². The second-order valence-electron chi connectivity index (χ2n) is 5.58. The van der Waals surface area contributed by atoms with Gasteiger partial charge in [-0.25, -0.2) is 0 Å². The van der Waals surface area contributed by atoms with E-state index in [0.29, 0.717) is 6.61 Å². The summed E-state index contributed by atoms with van der Waals surface area (Å²) in [7, 11) is 0. The van der Waals surface area contributed by atoms with Crippen molar-refractivity contribution < 1.29 is 14.6 Å². The molecule has 1 aromatic rings. The fourth-order valence-corrected chi connectivity index (χ4v) is 3.49. The predicted molar refractivity (Wildman–Crippen MR) is 81.0 cm³/mol. The van der Waals surface area contributed by atoms with Gasteiger partial charge >= 0.3 is 0 Å². The summed E-state index contributed by atoms with van der Waals surface area (Å²) < 4.78 is 12.6. The highest BCUT2D eigenvalue weighted by atomic mass is 127. The van der Waals surface area contributed by atoms with E-state index in [0.717, 1.165) is 38.0 Å². The number of aliphatic hydroxyl groups excluding tert-OH is 1. The molecule has 0 saturated carbocycles. The van der Waals surface area contributed by atoms with Gasteiger partial charge in [-0.1, -0.05) is 12.1 Å². The molecule has 1 spiro atoms. The molecule has 2 aliphatic heterocycles. The summed E-state index contributed by atoms with van der Waals surface area (Å²) in [5.74, 6) is 0.274. The van der Waals surface area contributed by atoms with Crippen molar-refractivity contribution in [2.24, 2.45) is 5.92 Å². The first-order chi connectivity index (χ1) is 9.19. The quantitative estimate of drug-likeness (QED) is 0.810. The van der Waals surface area contributed by atoms with E-state index in [-0.39, 0.29) is 11.5 Å². The second kappa shape index (κ2) is 5.68. The molecular weight excluding hydrogens is 355 g/mol. The normalized spacial score (nSPS) is 32.6. The zero-order valence-electron chi connectivity index (χ0n) is 10.8. The number of halogens is 1. The highest BCUT2D eigenvalue weighted by molar-refractivity contribution is 14.1. The Kier molecular flexibility index (Phi) is 4.12. The molecule has 1 aromatic carbocycles. The van der Waals surface area contributed by atoms with Crippen LogP contribution < -0.4 is 0 Å². The minimum Gasteiger partial charge on any atom is -0.388 e. The van der Waals surface area contributed by atoms with Crippen LogP contribution in [0.3, 0.4) is 0 Å². The number of hydrogen-bond donors (Lipinski definition) is 1. The molecule has 0 aromatic heterocycles. The van der Waals surface area contributed by atoms with Crippen LogP contribution in [0.5, 0.6) is 0 Å². The van der Waals surface area contributed by atoms with E-state index in [1.165, 1.54) is 3.57 Å². The zero-order chi connectivity index (χ0) is 13.3. The minimum atomic E-state index is -0.390. The number of rotatable bonds is 2. The summed E-state index contributed by atoms with van der Waals surface area (Å²) in [6, 6.07) is 8.15. The van der Waals surface area contributed by atoms with Crippen molar-refractivity contribution in [2.45, 2.75) is 31.0 Å². The maximum Gasteiger partial charge on any atom is 0.0940 e. The molecule has 0 radical (unpaired) electrons. The van der Waals surface area contributed by atoms with Gasteiger partial charge in [-0.15, -0.1) is 0 Å². The second-order valence-corrected chi connectivity index (χ2v) is 6.83. The van der Waals surface area contributed by atoms with Crippen molar-refractivity contribution >= 4 is 22.6 Å². The third-order valence-electron chi connectivity index (χ3n) is 4.26. The van der Waals surface area contributed by atoms with E-state index in [9.17, 15) is 5.11 Å². The van der Waals surface area contributed by atoms with Crippen LogP contribution in [0, 0.1) is 9.49 Å². The van der Waals surface area contributed by atoms with Crippen molar-refractivity contribution in [3.8, 4) is 0 Å². The van der Waals surface area contributed by atoms with Gasteiger partial charge in [0.05, 0.1) is 18.3 Å². The van der Waals surface area contributed by atoms with Gasteiger partial charge in [0, 0.05) is 23.2 Å². The summed E-state index contributed by atoms with van der Waals surface area (Å²) in [6.45, 7) is 2.20. The van der Waals surface area contributed by atoms with E-state index in [4.69, 9.17) is 9.47 Å². The molecule has 2 heterocycles. The fourth-order valence-electron chi connectivity index (χ4n) is 3.13. The number of ether oxygens (including phenoxy) is 2. The molecule has 3 unspecified atom stereocenters. The van der Waals surface area contributed by atoms with Crippen LogP contribution in [0.4, 0.5) is 0 Å². The van der Waals surface area contributed by atoms with Crippen molar-refractivity contribution in [3.05, 3.63) is 33.4 Å². The van der Waals surface area contributed by atoms with Crippen molar-refractivity contribution in [2.75, 3.05) is 19.8 Å². The Hall–Kier alpha value is -0.170. The summed E-state index contributed by atoms with van der Waals surface area (Å²) in [4.78, 5) is 0. The summed E-state index contributed by atoms with van der Waals surface area (Å²) in [6.07, 6.45) is 2.40. The number of aliphatic hydroxyl groups is 1. The fraction of sp³-hybridized carbons (Fsp3) is 0.600. The topological polar surface area (TPSA) is 38.7 Å². The lowest BCUT2D eigenvalue weighted by atomic mass is 9.80. The Balaban J connectivity index is 1.72. The van der Waals surface area contributed by atoms with Crippen molar-refractivity contribution in [1.82, 2.24) is 0 Å². The lowest BCUT2D eigenvalue weighted by Gasteiger charge is -2.39. The van der Waals surface area contributed by atoms with E-state index in [1.54, 1.807) is 0 Å². The highest BCUT2D eigenvalue weighted by Gasteiger charge is 2.42. The van der Waals surface area contributed by atoms with E-state index >= 15 is 0 Å². The Morgan fingerprint density at radius 2 is 2.05 bits per heavy atom. The number of hydrogen-bond acceptors (Lipinski definition) is 3. The van der Waals surface area contributed by atoms with E-state index in [1.807, 2.05) is 24.3 Å². The maximum absolute atomic E-state index is 10.6. The molecule has 3 nitrogen and oxygen atoms in total. The lowest BCUT2D eigenvalue weighted by Crippen LogP contribution is -2.41. The van der Waals surface area contributed by atoms with Gasteiger partial charge < -0.3 is 14.6 Å². The van der Waals surface area contributed by atoms with E-state index in [2.05, 4.69) is 22.6 Å². The van der Waals surface area contributed by atoms with Gasteiger partial charge in [-0.3, -0.25) is 0 Å². The van der Waals surface area contributed by atoms with E-state index < -0.39 is 6.10 Å². The lowest BCUT2D eigenvalue weighted by molar-refractivity contribution is -0.117. The molecule has 104 valence electrons. The average molecular weight is 374 g/mol. The maximum atomic E-state index is 10.6. The molecule has 0 bridgehead atoms. The van der Waals surface area contributed by atoms with Gasteiger partial charge in [0.25, 0.3) is 0 Å². The molecule has 4 heteroatoms. The Labute approximate surface area is 127 Å². The van der Waals surface area contributed by atoms with Crippen LogP contribution in [0.15, 0.2) is 24.3 Å². The molecule has 2 saturated heterocycles. The molecule has 2 aliphatic rings. The monoisotopic (exact) mass is 374 g/mol. The van der Waals surface area contributed by atoms with Crippen molar-refractivity contribution in [1.29, 1.82) is 0 Å². The first kappa shape index (κ1) is 13.8. The predicted octanol–water partition coefficient (Wildman–Crippen LogP) is 2.91. The van der Waals surface area contributed by atoms with Crippen LogP contribution >= 0.6 is 22.6 Å². The minimum absolute atomic E-state index is 0.132. The zero-order valence-corrected chi connectivity index (χ0v) is 13.0. The van der Waals surface area contributed by atoms with Crippen LogP contribution in [-0.4, -0.2) is 30.5 Å². The van der Waals surface area contributed by atoms with Crippen LogP contribution in [0.1, 0.15) is 30.9 Å². The van der Waals surface area contributed by atoms with Gasteiger partial charge in [-0.2, -0.15) is 0 Å². The summed E-state index contributed by atoms with van der Waals surface area (Å²) >= 11 is 2.28. The van der Waals surface area contributed by atoms with Gasteiger partial charge in [-0.05, 0) is 59.0 Å². The van der Waals surface area contributed by atoms with Crippen LogP contribution in [0.25, 0.3) is 0 Å². The standard InChI is InChI=1S/C15H19IO3/c16-13-3-1-11(2-4-13)14(17)12-5-7-19-15(9-12)6-8-18-10-15/h1-4,12,14,17H,5-10H2. The van der Waals surface area contributed by atoms with Crippen LogP contribution in [0.2, 0.25) is 0 Å². The Morgan fingerprint density at radius 1 is 1.26 bits per heavy atom.